The van der Waals surface area contributed by atoms with Crippen molar-refractivity contribution in [2.45, 2.75) is 6.04 Å². The minimum Gasteiger partial charge on any atom is -0.480 e. The maximum Gasteiger partial charge on any atom is 0.329 e. The van der Waals surface area contributed by atoms with Crippen LogP contribution >= 0.6 is 0 Å². The van der Waals surface area contributed by atoms with Crippen molar-refractivity contribution in [3.8, 4) is 0 Å². The van der Waals surface area contributed by atoms with Gasteiger partial charge in [0, 0.05) is 18.9 Å². The number of carbonyl (C=O) groups is 1. The van der Waals surface area contributed by atoms with E-state index < -0.39 is 12.0 Å². The Labute approximate surface area is 63.4 Å². The Morgan fingerprint density at radius 3 is 2.91 bits per heavy atom. The lowest BCUT2D eigenvalue weighted by molar-refractivity contribution is -0.140. The Bertz CT molecular complexity index is 232. The number of nitrogens with two attached hydrogens (primary N) is 1. The van der Waals surface area contributed by atoms with E-state index in [1.54, 1.807) is 12.3 Å². The summed E-state index contributed by atoms with van der Waals surface area (Å²) in [6, 6.07) is 0.913. The number of aliphatic carboxylic acids is 1. The third kappa shape index (κ3) is 1.56. The molecular formula is C6H9N3O2. The van der Waals surface area contributed by atoms with Gasteiger partial charge in [0.05, 0.1) is 0 Å². The molecule has 0 saturated carbocycles. The van der Waals surface area contributed by atoms with Crippen molar-refractivity contribution < 1.29 is 9.90 Å². The van der Waals surface area contributed by atoms with Crippen molar-refractivity contribution in [3.05, 3.63) is 18.5 Å². The quantitative estimate of drug-likeness (QED) is 0.614. The molecule has 0 aromatic carbocycles. The van der Waals surface area contributed by atoms with E-state index >= 15 is 0 Å². The van der Waals surface area contributed by atoms with Gasteiger partial charge in [-0.05, 0) is 6.07 Å². The summed E-state index contributed by atoms with van der Waals surface area (Å²) in [4.78, 5) is 10.5. The first-order valence-corrected chi connectivity index (χ1v) is 3.17. The lowest BCUT2D eigenvalue weighted by atomic mass is 10.3. The predicted octanol–water partition coefficient (Wildman–Crippen LogP) is -0.533. The smallest absolute Gasteiger partial charge is 0.329 e. The third-order valence-corrected chi connectivity index (χ3v) is 1.35. The van der Waals surface area contributed by atoms with Crippen LogP contribution in [0.1, 0.15) is 6.04 Å². The summed E-state index contributed by atoms with van der Waals surface area (Å²) in [7, 11) is 0. The highest BCUT2D eigenvalue weighted by Gasteiger charge is 2.16. The van der Waals surface area contributed by atoms with Gasteiger partial charge in [-0.3, -0.25) is 4.68 Å². The summed E-state index contributed by atoms with van der Waals surface area (Å²) in [5, 5.41) is 12.4. The fourth-order valence-corrected chi connectivity index (χ4v) is 0.787. The van der Waals surface area contributed by atoms with Crippen LogP contribution in [0.5, 0.6) is 0 Å². The molecule has 0 aliphatic carbocycles. The van der Waals surface area contributed by atoms with Gasteiger partial charge in [-0.25, -0.2) is 4.79 Å². The highest BCUT2D eigenvalue weighted by Crippen LogP contribution is 2.01. The highest BCUT2D eigenvalue weighted by molar-refractivity contribution is 5.71. The second-order valence-electron chi connectivity index (χ2n) is 2.08. The maximum atomic E-state index is 10.5. The van der Waals surface area contributed by atoms with Gasteiger partial charge in [0.15, 0.2) is 6.04 Å². The molecule has 60 valence electrons. The van der Waals surface area contributed by atoms with E-state index in [-0.39, 0.29) is 6.54 Å². The molecule has 0 saturated heterocycles. The molecule has 1 unspecified atom stereocenters. The lowest BCUT2D eigenvalue weighted by Crippen LogP contribution is -2.27. The molecule has 0 radical (unpaired) electrons. The van der Waals surface area contributed by atoms with Crippen LogP contribution in [0.2, 0.25) is 0 Å². The zero-order valence-corrected chi connectivity index (χ0v) is 5.84. The molecule has 0 aliphatic rings. The van der Waals surface area contributed by atoms with Gasteiger partial charge in [0.1, 0.15) is 0 Å². The molecule has 1 heterocycles. The Morgan fingerprint density at radius 1 is 1.82 bits per heavy atom. The fraction of sp³-hybridized carbons (Fsp3) is 0.333. The number of hydrogen-bond acceptors (Lipinski definition) is 3. The first-order valence-electron chi connectivity index (χ1n) is 3.17. The molecule has 0 aliphatic heterocycles. The molecule has 5 nitrogen and oxygen atoms in total. The zero-order valence-electron chi connectivity index (χ0n) is 5.84. The maximum absolute atomic E-state index is 10.5. The standard InChI is InChI=1S/C6H9N3O2/c7-4-5(6(10)11)9-3-1-2-8-9/h1-3,5H,4,7H2,(H,10,11). The Balaban J connectivity index is 2.79. The molecule has 1 aromatic heterocycles. The summed E-state index contributed by atoms with van der Waals surface area (Å²) < 4.78 is 1.32. The van der Waals surface area contributed by atoms with Crippen LogP contribution in [0.15, 0.2) is 18.5 Å². The summed E-state index contributed by atoms with van der Waals surface area (Å²) in [6.45, 7) is 0.0526. The molecule has 0 bridgehead atoms. The number of nitrogens with zero attached hydrogens (tertiary/aromatic N) is 2. The first-order chi connectivity index (χ1) is 5.25. The van der Waals surface area contributed by atoms with E-state index in [9.17, 15) is 4.79 Å². The van der Waals surface area contributed by atoms with Crippen LogP contribution in [0.3, 0.4) is 0 Å². The molecule has 0 spiro atoms. The van der Waals surface area contributed by atoms with Gasteiger partial charge in [0.25, 0.3) is 0 Å². The van der Waals surface area contributed by atoms with E-state index in [1.165, 1.54) is 10.9 Å². The molecule has 1 atom stereocenters. The van der Waals surface area contributed by atoms with Crippen molar-refractivity contribution in [2.75, 3.05) is 6.54 Å². The summed E-state index contributed by atoms with van der Waals surface area (Å²) in [5.41, 5.74) is 5.22. The number of carboxylic acids is 1. The van der Waals surface area contributed by atoms with Crippen LogP contribution in [0.4, 0.5) is 0 Å². The largest absolute Gasteiger partial charge is 0.480 e. The second-order valence-corrected chi connectivity index (χ2v) is 2.08. The predicted molar refractivity (Wildman–Crippen MR) is 38.0 cm³/mol. The zero-order chi connectivity index (χ0) is 8.27. The van der Waals surface area contributed by atoms with Crippen LogP contribution in [0.25, 0.3) is 0 Å². The van der Waals surface area contributed by atoms with Gasteiger partial charge in [-0.1, -0.05) is 0 Å². The Kier molecular flexibility index (Phi) is 2.22. The van der Waals surface area contributed by atoms with E-state index in [0.29, 0.717) is 0 Å². The topological polar surface area (TPSA) is 81.1 Å². The molecular weight excluding hydrogens is 146 g/mol. The summed E-state index contributed by atoms with van der Waals surface area (Å²) in [5.74, 6) is -0.962. The molecule has 5 heteroatoms. The minimum atomic E-state index is -0.962. The van der Waals surface area contributed by atoms with Crippen molar-refractivity contribution in [1.29, 1.82) is 0 Å². The molecule has 1 aromatic rings. The third-order valence-electron chi connectivity index (χ3n) is 1.35. The lowest BCUT2D eigenvalue weighted by Gasteiger charge is -2.08. The SMILES string of the molecule is NCC(C(=O)O)n1cccn1. The molecule has 1 rings (SSSR count). The van der Waals surface area contributed by atoms with Gasteiger partial charge >= 0.3 is 5.97 Å². The average Bonchev–Trinajstić information content (AvgIpc) is 2.40. The number of aromatic nitrogens is 2. The van der Waals surface area contributed by atoms with Crippen molar-refractivity contribution in [2.24, 2.45) is 5.73 Å². The second kappa shape index (κ2) is 3.16. The average molecular weight is 155 g/mol. The minimum absolute atomic E-state index is 0.0526. The first kappa shape index (κ1) is 7.74. The van der Waals surface area contributed by atoms with Crippen molar-refractivity contribution >= 4 is 5.97 Å². The highest BCUT2D eigenvalue weighted by atomic mass is 16.4. The van der Waals surface area contributed by atoms with Crippen molar-refractivity contribution in [1.82, 2.24) is 9.78 Å². The van der Waals surface area contributed by atoms with E-state index in [1.807, 2.05) is 0 Å². The number of hydrogen-bond donors (Lipinski definition) is 2. The van der Waals surface area contributed by atoms with E-state index in [0.717, 1.165) is 0 Å². The van der Waals surface area contributed by atoms with Crippen LogP contribution in [-0.4, -0.2) is 27.4 Å². The van der Waals surface area contributed by atoms with Gasteiger partial charge in [-0.2, -0.15) is 5.10 Å². The van der Waals surface area contributed by atoms with Gasteiger partial charge < -0.3 is 10.8 Å². The molecule has 0 amide bonds. The van der Waals surface area contributed by atoms with Gasteiger partial charge in [-0.15, -0.1) is 0 Å². The monoisotopic (exact) mass is 155 g/mol. The normalized spacial score (nSPS) is 12.8. The van der Waals surface area contributed by atoms with Crippen LogP contribution in [-0.2, 0) is 4.79 Å². The Hall–Kier alpha value is -1.36. The number of rotatable bonds is 3. The van der Waals surface area contributed by atoms with Crippen LogP contribution in [0, 0.1) is 0 Å². The van der Waals surface area contributed by atoms with Crippen molar-refractivity contribution in [3.63, 3.8) is 0 Å². The molecule has 3 N–H and O–H groups in total. The van der Waals surface area contributed by atoms with E-state index in [2.05, 4.69) is 5.10 Å². The number of carboxylic acid groups (broad SMARTS) is 1. The summed E-state index contributed by atoms with van der Waals surface area (Å²) >= 11 is 0. The molecule has 0 fully saturated rings. The summed E-state index contributed by atoms with van der Waals surface area (Å²) in [6.07, 6.45) is 3.09. The molecule has 11 heavy (non-hydrogen) atoms. The van der Waals surface area contributed by atoms with E-state index in [4.69, 9.17) is 10.8 Å². The fourth-order valence-electron chi connectivity index (χ4n) is 0.787. The van der Waals surface area contributed by atoms with Gasteiger partial charge in [0.2, 0.25) is 0 Å². The van der Waals surface area contributed by atoms with Crippen LogP contribution < -0.4 is 5.73 Å². The Morgan fingerprint density at radius 2 is 2.55 bits per heavy atom.